The van der Waals surface area contributed by atoms with Gasteiger partial charge in [0, 0.05) is 12.1 Å². The fourth-order valence-electron chi connectivity index (χ4n) is 3.11. The molecule has 0 bridgehead atoms. The molecule has 0 spiro atoms. The van der Waals surface area contributed by atoms with Gasteiger partial charge in [0.1, 0.15) is 0 Å². The number of rotatable bonds is 2. The van der Waals surface area contributed by atoms with E-state index in [9.17, 15) is 8.42 Å². The highest BCUT2D eigenvalue weighted by atomic mass is 32.2. The van der Waals surface area contributed by atoms with Gasteiger partial charge < -0.3 is 0 Å². The van der Waals surface area contributed by atoms with Gasteiger partial charge in [-0.15, -0.1) is 0 Å². The van der Waals surface area contributed by atoms with Gasteiger partial charge in [-0.25, -0.2) is 0 Å². The molecule has 0 amide bonds. The molecule has 1 aliphatic carbocycles. The minimum Gasteiger partial charge on any atom is -0.289 e. The van der Waals surface area contributed by atoms with E-state index in [2.05, 4.69) is 17.1 Å². The zero-order valence-corrected chi connectivity index (χ0v) is 11.6. The van der Waals surface area contributed by atoms with Gasteiger partial charge in [0.2, 0.25) is 0 Å². The molecular formula is C14H17NO3S. The average molecular weight is 279 g/mol. The molecule has 4 nitrogen and oxygen atoms in total. The van der Waals surface area contributed by atoms with Crippen molar-refractivity contribution in [3.05, 3.63) is 35.4 Å². The van der Waals surface area contributed by atoms with Crippen LogP contribution in [0.25, 0.3) is 0 Å². The Hall–Kier alpha value is -1.20. The smallest absolute Gasteiger partial charge is 0.264 e. The van der Waals surface area contributed by atoms with Crippen molar-refractivity contribution in [2.75, 3.05) is 6.26 Å². The molecule has 3 unspecified atom stereocenters. The monoisotopic (exact) mass is 279 g/mol. The van der Waals surface area contributed by atoms with Gasteiger partial charge in [-0.2, -0.15) is 8.42 Å². The van der Waals surface area contributed by atoms with Gasteiger partial charge in [0.05, 0.1) is 18.4 Å². The summed E-state index contributed by atoms with van der Waals surface area (Å²) in [5, 5.41) is 0. The summed E-state index contributed by atoms with van der Waals surface area (Å²) in [5.41, 5.74) is 2.41. The number of hydrogen-bond acceptors (Lipinski definition) is 4. The second-order valence-electron chi connectivity index (χ2n) is 5.32. The molecule has 0 N–H and O–H groups in total. The molecular weight excluding hydrogens is 262 g/mol. The second-order valence-corrected chi connectivity index (χ2v) is 6.92. The largest absolute Gasteiger partial charge is 0.289 e. The molecule has 1 aromatic carbocycles. The maximum Gasteiger partial charge on any atom is 0.264 e. The van der Waals surface area contributed by atoms with E-state index < -0.39 is 10.1 Å². The lowest BCUT2D eigenvalue weighted by Gasteiger charge is -2.36. The van der Waals surface area contributed by atoms with Gasteiger partial charge in [0.25, 0.3) is 10.1 Å². The van der Waals surface area contributed by atoms with Crippen molar-refractivity contribution in [2.45, 2.75) is 37.3 Å². The third-order valence-electron chi connectivity index (χ3n) is 3.88. The van der Waals surface area contributed by atoms with Crippen molar-refractivity contribution in [1.29, 1.82) is 0 Å². The minimum absolute atomic E-state index is 0.211. The Morgan fingerprint density at radius 2 is 2.05 bits per heavy atom. The maximum atomic E-state index is 11.3. The first-order valence-corrected chi connectivity index (χ1v) is 8.35. The fraction of sp³-hybridized carbons (Fsp3) is 0.500. The van der Waals surface area contributed by atoms with Crippen LogP contribution in [0.1, 0.15) is 36.3 Å². The number of nitrogens with zero attached hydrogens (tertiary/aromatic N) is 1. The van der Waals surface area contributed by atoms with Crippen LogP contribution in [-0.4, -0.2) is 33.0 Å². The highest BCUT2D eigenvalue weighted by molar-refractivity contribution is 7.86. The fourth-order valence-corrected chi connectivity index (χ4v) is 3.77. The Labute approximate surface area is 113 Å². The Morgan fingerprint density at radius 1 is 1.26 bits per heavy atom. The minimum atomic E-state index is -3.38. The second kappa shape index (κ2) is 4.72. The summed E-state index contributed by atoms with van der Waals surface area (Å²) < 4.78 is 27.7. The lowest BCUT2D eigenvalue weighted by Crippen LogP contribution is -2.34. The number of aliphatic imine (C=N–C) groups is 1. The van der Waals surface area contributed by atoms with Crippen LogP contribution in [0.3, 0.4) is 0 Å². The van der Waals surface area contributed by atoms with Gasteiger partial charge in [-0.3, -0.25) is 9.18 Å². The molecule has 1 aromatic rings. The standard InChI is InChI=1S/C14H17NO3S/c1-19(16,17)18-11-6-7-14-13(8-11)12-5-3-2-4-10(12)9-15-14/h2-5,9,11,13-14H,6-8H2,1H3. The number of hydrogen-bond donors (Lipinski definition) is 0. The molecule has 0 saturated heterocycles. The van der Waals surface area contributed by atoms with Crippen molar-refractivity contribution in [3.8, 4) is 0 Å². The molecule has 3 rings (SSSR count). The van der Waals surface area contributed by atoms with E-state index in [0.29, 0.717) is 0 Å². The lowest BCUT2D eigenvalue weighted by molar-refractivity contribution is 0.142. The lowest BCUT2D eigenvalue weighted by atomic mass is 9.76. The summed E-state index contributed by atoms with van der Waals surface area (Å²) in [6, 6.07) is 8.46. The van der Waals surface area contributed by atoms with E-state index in [4.69, 9.17) is 4.18 Å². The van der Waals surface area contributed by atoms with E-state index >= 15 is 0 Å². The molecule has 19 heavy (non-hydrogen) atoms. The predicted octanol–water partition coefficient (Wildman–Crippen LogP) is 2.10. The first-order valence-electron chi connectivity index (χ1n) is 6.53. The molecule has 0 radical (unpaired) electrons. The quantitative estimate of drug-likeness (QED) is 0.779. The molecule has 1 heterocycles. The number of fused-ring (bicyclic) bond motifs is 3. The van der Waals surface area contributed by atoms with Gasteiger partial charge in [0.15, 0.2) is 0 Å². The van der Waals surface area contributed by atoms with Crippen LogP contribution in [0.2, 0.25) is 0 Å². The highest BCUT2D eigenvalue weighted by Crippen LogP contribution is 2.39. The van der Waals surface area contributed by atoms with Crippen LogP contribution in [0.5, 0.6) is 0 Å². The summed E-state index contributed by atoms with van der Waals surface area (Å²) in [6.07, 6.45) is 5.22. The third-order valence-corrected chi connectivity index (χ3v) is 4.50. The zero-order valence-electron chi connectivity index (χ0n) is 10.8. The van der Waals surface area contributed by atoms with Crippen LogP contribution in [0, 0.1) is 0 Å². The van der Waals surface area contributed by atoms with Crippen molar-refractivity contribution in [3.63, 3.8) is 0 Å². The average Bonchev–Trinajstić information content (AvgIpc) is 2.37. The van der Waals surface area contributed by atoms with Crippen molar-refractivity contribution in [1.82, 2.24) is 0 Å². The van der Waals surface area contributed by atoms with Crippen LogP contribution in [-0.2, 0) is 14.3 Å². The normalized spacial score (nSPS) is 29.6. The summed E-state index contributed by atoms with van der Waals surface area (Å²) in [5.74, 6) is 0.279. The first kappa shape index (κ1) is 12.8. The van der Waals surface area contributed by atoms with Crippen LogP contribution in [0.15, 0.2) is 29.3 Å². The van der Waals surface area contributed by atoms with Crippen molar-refractivity contribution in [2.24, 2.45) is 4.99 Å². The summed E-state index contributed by atoms with van der Waals surface area (Å²) in [4.78, 5) is 4.59. The summed E-state index contributed by atoms with van der Waals surface area (Å²) in [6.45, 7) is 0. The highest BCUT2D eigenvalue weighted by Gasteiger charge is 2.35. The maximum absolute atomic E-state index is 11.3. The molecule has 1 fully saturated rings. The molecule has 102 valence electrons. The van der Waals surface area contributed by atoms with Crippen LogP contribution in [0.4, 0.5) is 0 Å². The number of benzene rings is 1. The zero-order chi connectivity index (χ0) is 13.5. The Morgan fingerprint density at radius 3 is 2.84 bits per heavy atom. The Bertz CT molecular complexity index is 609. The summed E-state index contributed by atoms with van der Waals surface area (Å²) in [7, 11) is -3.38. The summed E-state index contributed by atoms with van der Waals surface area (Å²) >= 11 is 0. The molecule has 1 saturated carbocycles. The molecule has 5 heteroatoms. The topological polar surface area (TPSA) is 55.7 Å². The first-order chi connectivity index (χ1) is 9.03. The third kappa shape index (κ3) is 2.72. The molecule has 3 atom stereocenters. The Balaban J connectivity index is 1.85. The van der Waals surface area contributed by atoms with E-state index in [-0.39, 0.29) is 18.1 Å². The SMILES string of the molecule is CS(=O)(=O)OC1CCC2N=Cc3ccccc3C2C1. The van der Waals surface area contributed by atoms with E-state index in [1.54, 1.807) is 0 Å². The van der Waals surface area contributed by atoms with Crippen molar-refractivity contribution >= 4 is 16.3 Å². The molecule has 1 aliphatic heterocycles. The van der Waals surface area contributed by atoms with Crippen molar-refractivity contribution < 1.29 is 12.6 Å². The predicted molar refractivity (Wildman–Crippen MR) is 74.1 cm³/mol. The molecule has 0 aromatic heterocycles. The Kier molecular flexibility index (Phi) is 3.19. The van der Waals surface area contributed by atoms with Gasteiger partial charge in [-0.05, 0) is 30.4 Å². The van der Waals surface area contributed by atoms with E-state index in [1.807, 2.05) is 18.3 Å². The van der Waals surface area contributed by atoms with Crippen LogP contribution < -0.4 is 0 Å². The van der Waals surface area contributed by atoms with E-state index in [0.717, 1.165) is 31.1 Å². The van der Waals surface area contributed by atoms with Gasteiger partial charge >= 0.3 is 0 Å². The van der Waals surface area contributed by atoms with Crippen LogP contribution >= 0.6 is 0 Å². The van der Waals surface area contributed by atoms with E-state index in [1.165, 1.54) is 5.56 Å². The van der Waals surface area contributed by atoms with Gasteiger partial charge in [-0.1, -0.05) is 24.3 Å². The molecule has 2 aliphatic rings.